The van der Waals surface area contributed by atoms with E-state index >= 15 is 0 Å². The largest absolute Gasteiger partial charge is 0.387 e. The third-order valence-corrected chi connectivity index (χ3v) is 5.28. The lowest BCUT2D eigenvalue weighted by atomic mass is 9.48. The quantitative estimate of drug-likeness (QED) is 0.709. The lowest BCUT2D eigenvalue weighted by Gasteiger charge is -2.56. The van der Waals surface area contributed by atoms with Crippen LogP contribution in [0.4, 0.5) is 0 Å². The van der Waals surface area contributed by atoms with Gasteiger partial charge in [-0.05, 0) is 41.4 Å². The van der Waals surface area contributed by atoms with Gasteiger partial charge in [-0.25, -0.2) is 0 Å². The maximum absolute atomic E-state index is 10.4. The molecule has 2 aliphatic rings. The summed E-state index contributed by atoms with van der Waals surface area (Å²) in [7, 11) is 0. The molecule has 2 rings (SSSR count). The molecule has 100 valence electrons. The van der Waals surface area contributed by atoms with Gasteiger partial charge >= 0.3 is 0 Å². The lowest BCUT2D eigenvalue weighted by Crippen LogP contribution is -2.52. The third-order valence-electron chi connectivity index (χ3n) is 5.28. The van der Waals surface area contributed by atoms with E-state index in [1.54, 1.807) is 0 Å². The van der Waals surface area contributed by atoms with Gasteiger partial charge < -0.3 is 5.11 Å². The van der Waals surface area contributed by atoms with Crippen molar-refractivity contribution in [1.82, 2.24) is 0 Å². The van der Waals surface area contributed by atoms with Crippen LogP contribution >= 0.6 is 0 Å². The van der Waals surface area contributed by atoms with Crippen molar-refractivity contribution in [2.24, 2.45) is 22.2 Å². The molecule has 0 aromatic carbocycles. The van der Waals surface area contributed by atoms with Gasteiger partial charge in [-0.3, -0.25) is 0 Å². The molecule has 0 spiro atoms. The molecule has 0 amide bonds. The first-order chi connectivity index (χ1) is 8.12. The summed E-state index contributed by atoms with van der Waals surface area (Å²) in [6.45, 7) is 11.1. The average Bonchev–Trinajstić information content (AvgIpc) is 2.21. The van der Waals surface area contributed by atoms with Crippen molar-refractivity contribution < 1.29 is 5.11 Å². The van der Waals surface area contributed by atoms with Crippen LogP contribution in [-0.4, -0.2) is 11.2 Å². The fourth-order valence-corrected chi connectivity index (χ4v) is 4.60. The van der Waals surface area contributed by atoms with E-state index in [1.165, 1.54) is 6.42 Å². The molecule has 0 radical (unpaired) electrons. The number of hydrogen-bond donors (Lipinski definition) is 1. The number of allylic oxidation sites excluding steroid dienone is 1. The maximum Gasteiger partial charge on any atom is 0.0971 e. The van der Waals surface area contributed by atoms with Crippen molar-refractivity contribution >= 4 is 0 Å². The molecule has 2 heteroatoms. The van der Waals surface area contributed by atoms with Gasteiger partial charge in [-0.2, -0.15) is 5.26 Å². The van der Waals surface area contributed by atoms with Crippen molar-refractivity contribution in [2.75, 3.05) is 0 Å². The summed E-state index contributed by atoms with van der Waals surface area (Å²) in [5.41, 5.74) is 0.748. The Kier molecular flexibility index (Phi) is 2.91. The topological polar surface area (TPSA) is 44.0 Å². The van der Waals surface area contributed by atoms with E-state index in [1.807, 2.05) is 0 Å². The SMILES string of the molecule is CC1(C)CC[C@H]2C(C)(C)C(O)C(C#N)=C[C@]2(C)C1. The second-order valence-electron chi connectivity index (χ2n) is 7.87. The molecule has 3 atom stereocenters. The highest BCUT2D eigenvalue weighted by atomic mass is 16.3. The smallest absolute Gasteiger partial charge is 0.0971 e. The standard InChI is InChI=1S/C16H25NO/c1-14(2)7-6-12-15(3,4)13(18)11(9-17)8-16(12,5)10-14/h8,12-13,18H,6-7,10H2,1-5H3/t12-,13?,16+/m0/s1. The summed E-state index contributed by atoms with van der Waals surface area (Å²) in [5, 5.41) is 19.6. The van der Waals surface area contributed by atoms with Crippen molar-refractivity contribution in [2.45, 2.75) is 60.0 Å². The van der Waals surface area contributed by atoms with E-state index in [2.05, 4.69) is 46.8 Å². The Balaban J connectivity index is 2.50. The molecule has 0 saturated heterocycles. The zero-order valence-corrected chi connectivity index (χ0v) is 12.2. The highest BCUT2D eigenvalue weighted by Gasteiger charge is 2.54. The monoisotopic (exact) mass is 247 g/mol. The third kappa shape index (κ3) is 1.89. The molecular weight excluding hydrogens is 222 g/mol. The summed E-state index contributed by atoms with van der Waals surface area (Å²) in [5.74, 6) is 0.463. The predicted octanol–water partition coefficient (Wildman–Crippen LogP) is 3.67. The Bertz CT molecular complexity index is 427. The van der Waals surface area contributed by atoms with Crippen LogP contribution in [0.5, 0.6) is 0 Å². The second kappa shape index (κ2) is 3.84. The number of aliphatic hydroxyl groups excluding tert-OH is 1. The van der Waals surface area contributed by atoms with Crippen molar-refractivity contribution in [3.63, 3.8) is 0 Å². The summed E-state index contributed by atoms with van der Waals surface area (Å²) < 4.78 is 0. The maximum atomic E-state index is 10.4. The minimum atomic E-state index is -0.609. The van der Waals surface area contributed by atoms with Crippen molar-refractivity contribution in [3.8, 4) is 6.07 Å². The van der Waals surface area contributed by atoms with Gasteiger partial charge in [0, 0.05) is 0 Å². The van der Waals surface area contributed by atoms with Crippen LogP contribution in [0.25, 0.3) is 0 Å². The van der Waals surface area contributed by atoms with Gasteiger partial charge in [-0.15, -0.1) is 0 Å². The number of rotatable bonds is 0. The average molecular weight is 247 g/mol. The minimum absolute atomic E-state index is 0.0511. The highest BCUT2D eigenvalue weighted by molar-refractivity contribution is 5.34. The molecule has 2 aliphatic carbocycles. The van der Waals surface area contributed by atoms with Crippen molar-refractivity contribution in [1.29, 1.82) is 5.26 Å². The lowest BCUT2D eigenvalue weighted by molar-refractivity contribution is -0.0688. The summed E-state index contributed by atoms with van der Waals surface area (Å²) in [4.78, 5) is 0. The van der Waals surface area contributed by atoms with E-state index in [0.717, 1.165) is 12.8 Å². The van der Waals surface area contributed by atoms with Gasteiger partial charge in [0.05, 0.1) is 17.7 Å². The molecule has 0 aromatic heterocycles. The Labute approximate surface area is 111 Å². The zero-order valence-electron chi connectivity index (χ0n) is 12.2. The van der Waals surface area contributed by atoms with Gasteiger partial charge in [0.1, 0.15) is 0 Å². The van der Waals surface area contributed by atoms with E-state index in [0.29, 0.717) is 16.9 Å². The Morgan fingerprint density at radius 3 is 2.44 bits per heavy atom. The van der Waals surface area contributed by atoms with E-state index < -0.39 is 6.10 Å². The summed E-state index contributed by atoms with van der Waals surface area (Å²) >= 11 is 0. The number of aliphatic hydroxyl groups is 1. The van der Waals surface area contributed by atoms with Crippen LogP contribution in [0.1, 0.15) is 53.9 Å². The molecule has 0 heterocycles. The zero-order chi connectivity index (χ0) is 13.8. The summed E-state index contributed by atoms with van der Waals surface area (Å²) in [6, 6.07) is 2.21. The molecule has 1 saturated carbocycles. The number of hydrogen-bond acceptors (Lipinski definition) is 2. The van der Waals surface area contributed by atoms with E-state index in [9.17, 15) is 10.4 Å². The first-order valence-corrected chi connectivity index (χ1v) is 6.93. The van der Waals surface area contributed by atoms with Crippen LogP contribution < -0.4 is 0 Å². The van der Waals surface area contributed by atoms with Crippen LogP contribution in [-0.2, 0) is 0 Å². The molecular formula is C16H25NO. The highest BCUT2D eigenvalue weighted by Crippen LogP contribution is 2.60. The van der Waals surface area contributed by atoms with Crippen LogP contribution in [0.15, 0.2) is 11.6 Å². The predicted molar refractivity (Wildman–Crippen MR) is 72.7 cm³/mol. The van der Waals surface area contributed by atoms with Crippen LogP contribution in [0.3, 0.4) is 0 Å². The normalized spacial score (nSPS) is 41.5. The van der Waals surface area contributed by atoms with Gasteiger partial charge in [0.15, 0.2) is 0 Å². The second-order valence-corrected chi connectivity index (χ2v) is 7.87. The Morgan fingerprint density at radius 2 is 1.89 bits per heavy atom. The Hall–Kier alpha value is -0.810. The van der Waals surface area contributed by atoms with Gasteiger partial charge in [-0.1, -0.05) is 40.7 Å². The molecule has 1 fully saturated rings. The molecule has 2 nitrogen and oxygen atoms in total. The van der Waals surface area contributed by atoms with E-state index in [4.69, 9.17) is 0 Å². The van der Waals surface area contributed by atoms with Gasteiger partial charge in [0.2, 0.25) is 0 Å². The van der Waals surface area contributed by atoms with E-state index in [-0.39, 0.29) is 10.8 Å². The molecule has 0 aromatic rings. The molecule has 1 unspecified atom stereocenters. The number of nitrogens with zero attached hydrogens (tertiary/aromatic N) is 1. The minimum Gasteiger partial charge on any atom is -0.387 e. The first-order valence-electron chi connectivity index (χ1n) is 6.93. The van der Waals surface area contributed by atoms with Gasteiger partial charge in [0.25, 0.3) is 0 Å². The fraction of sp³-hybridized carbons (Fsp3) is 0.812. The molecule has 0 bridgehead atoms. The van der Waals surface area contributed by atoms with Crippen molar-refractivity contribution in [3.05, 3.63) is 11.6 Å². The summed E-state index contributed by atoms with van der Waals surface area (Å²) in [6.07, 6.45) is 4.91. The first kappa shape index (κ1) is 13.6. The Morgan fingerprint density at radius 1 is 1.28 bits per heavy atom. The molecule has 18 heavy (non-hydrogen) atoms. The molecule has 1 N–H and O–H groups in total. The fourth-order valence-electron chi connectivity index (χ4n) is 4.60. The van der Waals surface area contributed by atoms with Crippen LogP contribution in [0.2, 0.25) is 0 Å². The molecule has 0 aliphatic heterocycles. The van der Waals surface area contributed by atoms with Crippen LogP contribution in [0, 0.1) is 33.5 Å². The number of fused-ring (bicyclic) bond motifs is 1. The number of nitriles is 1.